The highest BCUT2D eigenvalue weighted by molar-refractivity contribution is 7.15. The minimum atomic E-state index is -0.0902. The Hall–Kier alpha value is -1.88. The van der Waals surface area contributed by atoms with Gasteiger partial charge in [-0.1, -0.05) is 18.2 Å². The van der Waals surface area contributed by atoms with Crippen molar-refractivity contribution in [3.8, 4) is 0 Å². The molecule has 1 aromatic heterocycles. The summed E-state index contributed by atoms with van der Waals surface area (Å²) < 4.78 is 0. The molecule has 2 aromatic rings. The van der Waals surface area contributed by atoms with Gasteiger partial charge in [-0.15, -0.1) is 11.3 Å². The van der Waals surface area contributed by atoms with E-state index < -0.39 is 0 Å². The molecule has 5 heteroatoms. The van der Waals surface area contributed by atoms with E-state index in [1.165, 1.54) is 11.3 Å². The predicted molar refractivity (Wildman–Crippen MR) is 75.1 cm³/mol. The molecular weight excluding hydrogens is 246 g/mol. The van der Waals surface area contributed by atoms with Crippen molar-refractivity contribution in [3.63, 3.8) is 0 Å². The number of aryl methyl sites for hydroxylation is 2. The average Bonchev–Trinajstić information content (AvgIpc) is 2.67. The van der Waals surface area contributed by atoms with Crippen LogP contribution in [-0.2, 0) is 4.79 Å². The van der Waals surface area contributed by atoms with Crippen molar-refractivity contribution in [2.75, 3.05) is 17.2 Å². The first-order valence-corrected chi connectivity index (χ1v) is 6.49. The molecule has 0 aliphatic carbocycles. The molecule has 0 aliphatic heterocycles. The van der Waals surface area contributed by atoms with Crippen LogP contribution in [0.2, 0.25) is 0 Å². The van der Waals surface area contributed by atoms with Gasteiger partial charge in [-0.3, -0.25) is 4.79 Å². The zero-order chi connectivity index (χ0) is 13.0. The normalized spacial score (nSPS) is 10.1. The van der Waals surface area contributed by atoms with Gasteiger partial charge in [-0.2, -0.15) is 0 Å². The quantitative estimate of drug-likeness (QED) is 0.889. The lowest BCUT2D eigenvalue weighted by molar-refractivity contribution is -0.114. The van der Waals surface area contributed by atoms with Crippen LogP contribution in [0.15, 0.2) is 30.3 Å². The number of amides is 1. The van der Waals surface area contributed by atoms with Gasteiger partial charge in [0, 0.05) is 10.6 Å². The Bertz CT molecular complexity index is 517. The SMILES string of the molecule is Cc1nc(NC(=O)CNc2ccccc2)sc1C. The van der Waals surface area contributed by atoms with Gasteiger partial charge in [-0.05, 0) is 26.0 Å². The number of hydrogen-bond acceptors (Lipinski definition) is 4. The number of carbonyl (C=O) groups is 1. The first-order valence-electron chi connectivity index (χ1n) is 5.68. The van der Waals surface area contributed by atoms with E-state index >= 15 is 0 Å². The van der Waals surface area contributed by atoms with E-state index in [9.17, 15) is 4.79 Å². The predicted octanol–water partition coefficient (Wildman–Crippen LogP) is 2.81. The van der Waals surface area contributed by atoms with Crippen LogP contribution in [0.25, 0.3) is 0 Å². The Morgan fingerprint density at radius 3 is 2.61 bits per heavy atom. The molecule has 1 heterocycles. The molecule has 0 saturated carbocycles. The van der Waals surface area contributed by atoms with Crippen LogP contribution >= 0.6 is 11.3 Å². The molecule has 2 rings (SSSR count). The van der Waals surface area contributed by atoms with Crippen molar-refractivity contribution in [1.82, 2.24) is 4.98 Å². The molecule has 0 atom stereocenters. The molecule has 18 heavy (non-hydrogen) atoms. The lowest BCUT2D eigenvalue weighted by Crippen LogP contribution is -2.21. The third kappa shape index (κ3) is 3.30. The number of nitrogens with zero attached hydrogens (tertiary/aromatic N) is 1. The minimum Gasteiger partial charge on any atom is -0.376 e. The third-order valence-electron chi connectivity index (χ3n) is 2.50. The maximum absolute atomic E-state index is 11.7. The van der Waals surface area contributed by atoms with Crippen molar-refractivity contribution in [2.45, 2.75) is 13.8 Å². The summed E-state index contributed by atoms with van der Waals surface area (Å²) in [5.74, 6) is -0.0902. The molecular formula is C13H15N3OS. The zero-order valence-electron chi connectivity index (χ0n) is 10.4. The fourth-order valence-corrected chi connectivity index (χ4v) is 2.26. The van der Waals surface area contributed by atoms with Crippen LogP contribution in [0.4, 0.5) is 10.8 Å². The van der Waals surface area contributed by atoms with Crippen LogP contribution in [0.3, 0.4) is 0 Å². The summed E-state index contributed by atoms with van der Waals surface area (Å²) in [6.45, 7) is 4.16. The number of para-hydroxylation sites is 1. The number of rotatable bonds is 4. The average molecular weight is 261 g/mol. The molecule has 1 amide bonds. The summed E-state index contributed by atoms with van der Waals surface area (Å²) in [5.41, 5.74) is 1.89. The van der Waals surface area contributed by atoms with Crippen molar-refractivity contribution in [2.24, 2.45) is 0 Å². The van der Waals surface area contributed by atoms with E-state index in [1.54, 1.807) is 0 Å². The standard InChI is InChI=1S/C13H15N3OS/c1-9-10(2)18-13(15-9)16-12(17)8-14-11-6-4-3-5-7-11/h3-7,14H,8H2,1-2H3,(H,15,16,17). The van der Waals surface area contributed by atoms with Crippen LogP contribution in [0, 0.1) is 13.8 Å². The molecule has 2 N–H and O–H groups in total. The summed E-state index contributed by atoms with van der Waals surface area (Å²) >= 11 is 1.49. The topological polar surface area (TPSA) is 54.0 Å². The van der Waals surface area contributed by atoms with Crippen LogP contribution in [0.1, 0.15) is 10.6 Å². The maximum atomic E-state index is 11.7. The fourth-order valence-electron chi connectivity index (χ4n) is 1.43. The Morgan fingerprint density at radius 1 is 1.28 bits per heavy atom. The van der Waals surface area contributed by atoms with E-state index in [2.05, 4.69) is 15.6 Å². The lowest BCUT2D eigenvalue weighted by Gasteiger charge is -2.05. The number of nitrogens with one attached hydrogen (secondary N) is 2. The lowest BCUT2D eigenvalue weighted by atomic mass is 10.3. The van der Waals surface area contributed by atoms with Gasteiger partial charge in [0.05, 0.1) is 12.2 Å². The second-order valence-electron chi connectivity index (χ2n) is 3.93. The van der Waals surface area contributed by atoms with E-state index in [1.807, 2.05) is 44.2 Å². The third-order valence-corrected chi connectivity index (χ3v) is 3.49. The molecule has 94 valence electrons. The summed E-state index contributed by atoms with van der Waals surface area (Å²) in [4.78, 5) is 17.1. The van der Waals surface area contributed by atoms with Gasteiger partial charge in [0.25, 0.3) is 0 Å². The van der Waals surface area contributed by atoms with Gasteiger partial charge in [0.1, 0.15) is 0 Å². The highest BCUT2D eigenvalue weighted by Gasteiger charge is 2.07. The highest BCUT2D eigenvalue weighted by Crippen LogP contribution is 2.20. The van der Waals surface area contributed by atoms with Crippen LogP contribution < -0.4 is 10.6 Å². The van der Waals surface area contributed by atoms with Crippen LogP contribution in [-0.4, -0.2) is 17.4 Å². The van der Waals surface area contributed by atoms with E-state index in [0.29, 0.717) is 5.13 Å². The first kappa shape index (κ1) is 12.6. The molecule has 0 bridgehead atoms. The summed E-state index contributed by atoms with van der Waals surface area (Å²) in [5, 5.41) is 6.49. The van der Waals surface area contributed by atoms with Gasteiger partial charge in [0.2, 0.25) is 5.91 Å². The van der Waals surface area contributed by atoms with Gasteiger partial charge >= 0.3 is 0 Å². The van der Waals surface area contributed by atoms with Crippen molar-refractivity contribution >= 4 is 28.1 Å². The fraction of sp³-hybridized carbons (Fsp3) is 0.231. The van der Waals surface area contributed by atoms with Crippen molar-refractivity contribution in [1.29, 1.82) is 0 Å². The molecule has 4 nitrogen and oxygen atoms in total. The minimum absolute atomic E-state index is 0.0902. The largest absolute Gasteiger partial charge is 0.376 e. The zero-order valence-corrected chi connectivity index (χ0v) is 11.2. The summed E-state index contributed by atoms with van der Waals surface area (Å²) in [6, 6.07) is 9.63. The Kier molecular flexibility index (Phi) is 3.94. The Balaban J connectivity index is 1.86. The molecule has 0 aliphatic rings. The molecule has 0 fully saturated rings. The van der Waals surface area contributed by atoms with Crippen LogP contribution in [0.5, 0.6) is 0 Å². The number of anilines is 2. The van der Waals surface area contributed by atoms with Gasteiger partial charge in [0.15, 0.2) is 5.13 Å². The second kappa shape index (κ2) is 5.64. The van der Waals surface area contributed by atoms with E-state index in [-0.39, 0.29) is 12.5 Å². The van der Waals surface area contributed by atoms with Gasteiger partial charge < -0.3 is 10.6 Å². The first-order chi connectivity index (χ1) is 8.65. The Morgan fingerprint density at radius 2 is 2.00 bits per heavy atom. The molecule has 0 saturated heterocycles. The smallest absolute Gasteiger partial charge is 0.245 e. The highest BCUT2D eigenvalue weighted by atomic mass is 32.1. The maximum Gasteiger partial charge on any atom is 0.245 e. The molecule has 0 spiro atoms. The number of hydrogen-bond donors (Lipinski definition) is 2. The Labute approximate surface area is 110 Å². The van der Waals surface area contributed by atoms with E-state index in [0.717, 1.165) is 16.3 Å². The summed E-state index contributed by atoms with van der Waals surface area (Å²) in [7, 11) is 0. The number of carbonyl (C=O) groups excluding carboxylic acids is 1. The van der Waals surface area contributed by atoms with E-state index in [4.69, 9.17) is 0 Å². The van der Waals surface area contributed by atoms with Gasteiger partial charge in [-0.25, -0.2) is 4.98 Å². The molecule has 1 aromatic carbocycles. The number of aromatic nitrogens is 1. The number of benzene rings is 1. The molecule has 0 unspecified atom stereocenters. The second-order valence-corrected chi connectivity index (χ2v) is 5.13. The summed E-state index contributed by atoms with van der Waals surface area (Å²) in [6.07, 6.45) is 0. The number of thiazole rings is 1. The molecule has 0 radical (unpaired) electrons. The van der Waals surface area contributed by atoms with Crippen molar-refractivity contribution in [3.05, 3.63) is 40.9 Å². The van der Waals surface area contributed by atoms with Crippen molar-refractivity contribution < 1.29 is 4.79 Å². The monoisotopic (exact) mass is 261 g/mol.